The largest absolute Gasteiger partial charge is 0.451 e. The lowest BCUT2D eigenvalue weighted by Crippen LogP contribution is -2.43. The number of amides is 3. The Bertz CT molecular complexity index is 1390. The summed E-state index contributed by atoms with van der Waals surface area (Å²) in [5.41, 5.74) is 1.42. The smallest absolute Gasteiger partial charge is 0.288 e. The first kappa shape index (κ1) is 31.6. The molecule has 1 heterocycles. The number of benzene rings is 2. The van der Waals surface area contributed by atoms with E-state index in [9.17, 15) is 22.8 Å². The van der Waals surface area contributed by atoms with Gasteiger partial charge in [-0.1, -0.05) is 75.6 Å². The lowest BCUT2D eigenvalue weighted by molar-refractivity contribution is -0.182. The number of nitrogens with zero attached hydrogens (tertiary/aromatic N) is 1. The zero-order valence-corrected chi connectivity index (χ0v) is 24.2. The fourth-order valence-electron chi connectivity index (χ4n) is 4.09. The fourth-order valence-corrected chi connectivity index (χ4v) is 5.01. The molecular weight excluding hydrogens is 546 g/mol. The molecule has 0 aliphatic heterocycles. The molecule has 0 fully saturated rings. The van der Waals surface area contributed by atoms with E-state index in [0.717, 1.165) is 29.9 Å². The average Bonchev–Trinajstić information content (AvgIpc) is 3.49. The number of rotatable bonds is 17. The van der Waals surface area contributed by atoms with Gasteiger partial charge in [-0.05, 0) is 36.2 Å². The maximum atomic E-state index is 13.0. The molecule has 0 unspecified atom stereocenters. The van der Waals surface area contributed by atoms with Crippen molar-refractivity contribution in [2.45, 2.75) is 51.0 Å². The van der Waals surface area contributed by atoms with E-state index < -0.39 is 21.7 Å². The minimum atomic E-state index is -3.39. The van der Waals surface area contributed by atoms with Crippen LogP contribution in [0.25, 0.3) is 11.3 Å². The van der Waals surface area contributed by atoms with E-state index in [1.807, 2.05) is 30.3 Å². The molecule has 1 aromatic heterocycles. The molecule has 10 nitrogen and oxygen atoms in total. The third kappa shape index (κ3) is 9.58. The zero-order chi connectivity index (χ0) is 29.7. The third-order valence-corrected chi connectivity index (χ3v) is 8.22. The van der Waals surface area contributed by atoms with E-state index in [1.165, 1.54) is 18.2 Å². The molecule has 0 spiro atoms. The van der Waals surface area contributed by atoms with Crippen LogP contribution in [0.15, 0.2) is 76.0 Å². The number of nitrogens with one attached hydrogen (secondary N) is 2. The molecule has 11 heteroatoms. The summed E-state index contributed by atoms with van der Waals surface area (Å²) in [7, 11) is -3.39. The molecule has 2 aromatic carbocycles. The molecule has 0 aliphatic carbocycles. The molecule has 3 rings (SSSR count). The standard InChI is InChI=1S/C30H37N3O7S/c1-3-5-7-13-25(19-33(22-34)39-20-23-11-8-6-9-12-23)29(35)31-21-32-30(36)28-17-16-27(40-28)24-14-10-15-26(18-24)41(37,38)4-2/h6,8-12,14-18,22,25H,3-5,7,13,19-21H2,1-2H3,(H,31,35)(H,32,36)/t25-/m1/s1. The summed E-state index contributed by atoms with van der Waals surface area (Å²) in [5.74, 6) is -1.06. The van der Waals surface area contributed by atoms with Gasteiger partial charge in [0.05, 0.1) is 29.8 Å². The number of furan rings is 1. The lowest BCUT2D eigenvalue weighted by atomic mass is 10.0. The maximum Gasteiger partial charge on any atom is 0.288 e. The number of hydrogen-bond acceptors (Lipinski definition) is 7. The molecule has 0 aliphatic rings. The summed E-state index contributed by atoms with van der Waals surface area (Å²) < 4.78 is 30.1. The number of sulfone groups is 1. The normalized spacial score (nSPS) is 12.0. The van der Waals surface area contributed by atoms with Crippen LogP contribution in [0.2, 0.25) is 0 Å². The van der Waals surface area contributed by atoms with Gasteiger partial charge in [0.1, 0.15) is 12.4 Å². The third-order valence-electron chi connectivity index (χ3n) is 6.48. The molecule has 1 atom stereocenters. The van der Waals surface area contributed by atoms with Crippen molar-refractivity contribution in [3.63, 3.8) is 0 Å². The number of carbonyl (C=O) groups is 3. The first-order valence-corrected chi connectivity index (χ1v) is 15.3. The van der Waals surface area contributed by atoms with E-state index in [-0.39, 0.29) is 42.1 Å². The summed E-state index contributed by atoms with van der Waals surface area (Å²) in [5, 5.41) is 6.44. The Labute approximate surface area is 240 Å². The van der Waals surface area contributed by atoms with Crippen molar-refractivity contribution in [3.8, 4) is 11.3 Å². The maximum absolute atomic E-state index is 13.0. The van der Waals surface area contributed by atoms with Crippen LogP contribution in [0.1, 0.15) is 55.6 Å². The van der Waals surface area contributed by atoms with Crippen LogP contribution in [0.4, 0.5) is 0 Å². The van der Waals surface area contributed by atoms with E-state index in [2.05, 4.69) is 17.6 Å². The Morgan fingerprint density at radius 2 is 1.78 bits per heavy atom. The van der Waals surface area contributed by atoms with Crippen molar-refractivity contribution in [2.75, 3.05) is 19.0 Å². The molecule has 0 bridgehead atoms. The van der Waals surface area contributed by atoms with Gasteiger partial charge in [0.2, 0.25) is 12.3 Å². The Morgan fingerprint density at radius 3 is 2.49 bits per heavy atom. The van der Waals surface area contributed by atoms with Crippen molar-refractivity contribution in [3.05, 3.63) is 78.1 Å². The monoisotopic (exact) mass is 583 g/mol. The van der Waals surface area contributed by atoms with Crippen LogP contribution in [0.3, 0.4) is 0 Å². The highest BCUT2D eigenvalue weighted by atomic mass is 32.2. The van der Waals surface area contributed by atoms with Crippen LogP contribution >= 0.6 is 0 Å². The van der Waals surface area contributed by atoms with Gasteiger partial charge in [-0.2, -0.15) is 0 Å². The molecule has 41 heavy (non-hydrogen) atoms. The minimum absolute atomic E-state index is 0.0129. The SMILES string of the molecule is CCCCC[C@H](CN(C=O)OCc1ccccc1)C(=O)NCNC(=O)c1ccc(-c2cccc(S(=O)(=O)CC)c2)o1. The van der Waals surface area contributed by atoms with Gasteiger partial charge in [0.15, 0.2) is 15.6 Å². The van der Waals surface area contributed by atoms with Crippen LogP contribution in [-0.4, -0.2) is 50.7 Å². The highest BCUT2D eigenvalue weighted by Gasteiger charge is 2.22. The van der Waals surface area contributed by atoms with Crippen LogP contribution in [0, 0.1) is 5.92 Å². The molecule has 3 aromatic rings. The van der Waals surface area contributed by atoms with Gasteiger partial charge in [0, 0.05) is 5.56 Å². The van der Waals surface area contributed by atoms with Crippen LogP contribution in [-0.2, 0) is 30.9 Å². The minimum Gasteiger partial charge on any atom is -0.451 e. The number of hydroxylamine groups is 2. The van der Waals surface area contributed by atoms with Crippen molar-refractivity contribution < 1.29 is 32.1 Å². The second-order valence-electron chi connectivity index (χ2n) is 9.48. The summed E-state index contributed by atoms with van der Waals surface area (Å²) in [4.78, 5) is 43.0. The van der Waals surface area contributed by atoms with Gasteiger partial charge >= 0.3 is 0 Å². The molecular formula is C30H37N3O7S. The van der Waals surface area contributed by atoms with E-state index in [0.29, 0.717) is 24.2 Å². The van der Waals surface area contributed by atoms with Crippen LogP contribution < -0.4 is 10.6 Å². The predicted molar refractivity (Wildman–Crippen MR) is 154 cm³/mol. The predicted octanol–water partition coefficient (Wildman–Crippen LogP) is 4.33. The quantitative estimate of drug-likeness (QED) is 0.105. The Kier molecular flexibility index (Phi) is 12.1. The van der Waals surface area contributed by atoms with Gasteiger partial charge in [-0.25, -0.2) is 13.5 Å². The van der Waals surface area contributed by atoms with Crippen LogP contribution in [0.5, 0.6) is 0 Å². The van der Waals surface area contributed by atoms with Crippen molar-refractivity contribution in [2.24, 2.45) is 5.92 Å². The molecule has 3 amide bonds. The molecule has 0 radical (unpaired) electrons. The molecule has 0 saturated heterocycles. The Morgan fingerprint density at radius 1 is 1.00 bits per heavy atom. The second-order valence-corrected chi connectivity index (χ2v) is 11.8. The topological polar surface area (TPSA) is 135 Å². The van der Waals surface area contributed by atoms with Gasteiger partial charge in [-0.15, -0.1) is 0 Å². The second kappa shape index (κ2) is 15.7. The Balaban J connectivity index is 1.56. The van der Waals surface area contributed by atoms with Crippen molar-refractivity contribution >= 4 is 28.1 Å². The van der Waals surface area contributed by atoms with Gasteiger partial charge in [0.25, 0.3) is 5.91 Å². The van der Waals surface area contributed by atoms with E-state index >= 15 is 0 Å². The number of carbonyl (C=O) groups excluding carboxylic acids is 3. The summed E-state index contributed by atoms with van der Waals surface area (Å²) >= 11 is 0. The van der Waals surface area contributed by atoms with Crippen molar-refractivity contribution in [1.29, 1.82) is 0 Å². The van der Waals surface area contributed by atoms with Crippen molar-refractivity contribution in [1.82, 2.24) is 15.7 Å². The number of hydrogen-bond donors (Lipinski definition) is 2. The molecule has 220 valence electrons. The van der Waals surface area contributed by atoms with E-state index in [1.54, 1.807) is 25.1 Å². The average molecular weight is 584 g/mol. The van der Waals surface area contributed by atoms with Gasteiger partial charge < -0.3 is 15.1 Å². The highest BCUT2D eigenvalue weighted by molar-refractivity contribution is 7.91. The highest BCUT2D eigenvalue weighted by Crippen LogP contribution is 2.25. The van der Waals surface area contributed by atoms with Gasteiger partial charge in [-0.3, -0.25) is 19.2 Å². The number of unbranched alkanes of at least 4 members (excludes halogenated alkanes) is 2. The molecule has 0 saturated carbocycles. The summed E-state index contributed by atoms with van der Waals surface area (Å²) in [6.07, 6.45) is 3.85. The first-order chi connectivity index (χ1) is 19.8. The lowest BCUT2D eigenvalue weighted by Gasteiger charge is -2.23. The molecule has 2 N–H and O–H groups in total. The van der Waals surface area contributed by atoms with E-state index in [4.69, 9.17) is 9.25 Å². The first-order valence-electron chi connectivity index (χ1n) is 13.6. The summed E-state index contributed by atoms with van der Waals surface area (Å²) in [6, 6.07) is 18.8. The summed E-state index contributed by atoms with van der Waals surface area (Å²) in [6.45, 7) is 3.77. The fraction of sp³-hybridized carbons (Fsp3) is 0.367. The Hall–Kier alpha value is -3.96. The zero-order valence-electron chi connectivity index (χ0n) is 23.4.